The van der Waals surface area contributed by atoms with Crippen molar-refractivity contribution in [2.75, 3.05) is 19.6 Å². The SMILES string of the molecule is O=S(=O)(N1CCc2ccccc2C1)N1CC(O)C(O)C1. The van der Waals surface area contributed by atoms with Crippen LogP contribution in [0.3, 0.4) is 0 Å². The van der Waals surface area contributed by atoms with Gasteiger partial charge in [0.2, 0.25) is 0 Å². The third kappa shape index (κ3) is 2.36. The molecule has 7 heteroatoms. The van der Waals surface area contributed by atoms with Crippen molar-refractivity contribution in [3.63, 3.8) is 0 Å². The van der Waals surface area contributed by atoms with Crippen molar-refractivity contribution in [1.82, 2.24) is 8.61 Å². The molecule has 110 valence electrons. The Balaban J connectivity index is 1.80. The average Bonchev–Trinajstić information content (AvgIpc) is 2.79. The van der Waals surface area contributed by atoms with Gasteiger partial charge in [-0.15, -0.1) is 0 Å². The molecule has 3 rings (SSSR count). The number of rotatable bonds is 2. The van der Waals surface area contributed by atoms with E-state index in [1.54, 1.807) is 0 Å². The summed E-state index contributed by atoms with van der Waals surface area (Å²) in [6.07, 6.45) is -1.31. The van der Waals surface area contributed by atoms with Gasteiger partial charge >= 0.3 is 0 Å². The van der Waals surface area contributed by atoms with Crippen LogP contribution in [0.2, 0.25) is 0 Å². The van der Waals surface area contributed by atoms with E-state index in [4.69, 9.17) is 0 Å². The molecule has 0 spiro atoms. The topological polar surface area (TPSA) is 81.1 Å². The van der Waals surface area contributed by atoms with E-state index in [0.717, 1.165) is 9.87 Å². The van der Waals surface area contributed by atoms with E-state index in [0.29, 0.717) is 19.5 Å². The van der Waals surface area contributed by atoms with Gasteiger partial charge in [0.05, 0.1) is 12.2 Å². The van der Waals surface area contributed by atoms with Gasteiger partial charge in [0.15, 0.2) is 0 Å². The van der Waals surface area contributed by atoms with Gasteiger partial charge < -0.3 is 10.2 Å². The predicted molar refractivity (Wildman–Crippen MR) is 73.1 cm³/mol. The molecule has 2 aliphatic rings. The molecule has 0 aliphatic carbocycles. The van der Waals surface area contributed by atoms with Crippen LogP contribution in [0, 0.1) is 0 Å². The molecule has 2 aliphatic heterocycles. The summed E-state index contributed by atoms with van der Waals surface area (Å²) >= 11 is 0. The molecule has 2 unspecified atom stereocenters. The molecule has 1 aromatic rings. The van der Waals surface area contributed by atoms with E-state index in [2.05, 4.69) is 0 Å². The highest BCUT2D eigenvalue weighted by Crippen LogP contribution is 2.24. The summed E-state index contributed by atoms with van der Waals surface area (Å²) in [4.78, 5) is 0. The standard InChI is InChI=1S/C13H18N2O4S/c16-12-8-15(9-13(12)17)20(18,19)14-6-5-10-3-1-2-4-11(10)7-14/h1-4,12-13,16-17H,5-9H2. The van der Waals surface area contributed by atoms with Crippen LogP contribution in [-0.4, -0.2) is 59.1 Å². The summed E-state index contributed by atoms with van der Waals surface area (Å²) in [5, 5.41) is 19.0. The van der Waals surface area contributed by atoms with Gasteiger partial charge in [-0.2, -0.15) is 17.0 Å². The van der Waals surface area contributed by atoms with Gasteiger partial charge in [0.1, 0.15) is 0 Å². The zero-order valence-electron chi connectivity index (χ0n) is 11.0. The van der Waals surface area contributed by atoms with Gasteiger partial charge in [-0.3, -0.25) is 0 Å². The molecule has 2 N–H and O–H groups in total. The Hall–Kier alpha value is -0.990. The Labute approximate surface area is 118 Å². The molecule has 0 aromatic heterocycles. The quantitative estimate of drug-likeness (QED) is 0.758. The van der Waals surface area contributed by atoms with E-state index in [-0.39, 0.29) is 13.1 Å². The summed E-state index contributed by atoms with van der Waals surface area (Å²) in [7, 11) is -3.62. The highest BCUT2D eigenvalue weighted by molar-refractivity contribution is 7.86. The van der Waals surface area contributed by atoms with Crippen molar-refractivity contribution in [2.45, 2.75) is 25.2 Å². The monoisotopic (exact) mass is 298 g/mol. The van der Waals surface area contributed by atoms with Crippen molar-refractivity contribution in [1.29, 1.82) is 0 Å². The molecule has 0 saturated carbocycles. The maximum atomic E-state index is 12.5. The number of fused-ring (bicyclic) bond motifs is 1. The lowest BCUT2D eigenvalue weighted by molar-refractivity contribution is 0.0572. The molecule has 0 radical (unpaired) electrons. The van der Waals surface area contributed by atoms with Crippen molar-refractivity contribution in [2.24, 2.45) is 0 Å². The number of aliphatic hydroxyl groups is 2. The summed E-state index contributed by atoms with van der Waals surface area (Å²) < 4.78 is 27.6. The molecule has 6 nitrogen and oxygen atoms in total. The number of hydrogen-bond donors (Lipinski definition) is 2. The first kappa shape index (κ1) is 14.0. The van der Waals surface area contributed by atoms with Crippen molar-refractivity contribution < 1.29 is 18.6 Å². The van der Waals surface area contributed by atoms with Crippen LogP contribution in [0.4, 0.5) is 0 Å². The first-order valence-corrected chi connectivity index (χ1v) is 8.06. The Morgan fingerprint density at radius 2 is 1.60 bits per heavy atom. The normalized spacial score (nSPS) is 28.5. The fourth-order valence-electron chi connectivity index (χ4n) is 2.75. The molecule has 20 heavy (non-hydrogen) atoms. The number of nitrogens with zero attached hydrogens (tertiary/aromatic N) is 2. The molecule has 0 amide bonds. The third-order valence-electron chi connectivity index (χ3n) is 3.97. The Bertz CT molecular complexity index is 594. The Morgan fingerprint density at radius 1 is 1.00 bits per heavy atom. The zero-order chi connectivity index (χ0) is 14.3. The first-order chi connectivity index (χ1) is 9.48. The zero-order valence-corrected chi connectivity index (χ0v) is 11.8. The molecule has 1 aromatic carbocycles. The number of aliphatic hydroxyl groups excluding tert-OH is 2. The summed E-state index contributed by atoms with van der Waals surface area (Å²) in [6.45, 7) is 0.701. The van der Waals surface area contributed by atoms with E-state index in [9.17, 15) is 18.6 Å². The van der Waals surface area contributed by atoms with Gasteiger partial charge in [-0.05, 0) is 17.5 Å². The minimum atomic E-state index is -3.62. The largest absolute Gasteiger partial charge is 0.389 e. The summed E-state index contributed by atoms with van der Waals surface area (Å²) in [6, 6.07) is 7.81. The van der Waals surface area contributed by atoms with Crippen LogP contribution in [0.25, 0.3) is 0 Å². The lowest BCUT2D eigenvalue weighted by Gasteiger charge is -2.31. The van der Waals surface area contributed by atoms with E-state index < -0.39 is 22.4 Å². The van der Waals surface area contributed by atoms with Gasteiger partial charge in [0.25, 0.3) is 10.2 Å². The highest BCUT2D eigenvalue weighted by atomic mass is 32.2. The fraction of sp³-hybridized carbons (Fsp3) is 0.538. The van der Waals surface area contributed by atoms with Crippen LogP contribution in [0.1, 0.15) is 11.1 Å². The predicted octanol–water partition coefficient (Wildman–Crippen LogP) is -0.673. The molecular weight excluding hydrogens is 280 g/mol. The first-order valence-electron chi connectivity index (χ1n) is 6.66. The minimum Gasteiger partial charge on any atom is -0.389 e. The maximum absolute atomic E-state index is 12.5. The van der Waals surface area contributed by atoms with E-state index in [1.807, 2.05) is 24.3 Å². The van der Waals surface area contributed by atoms with Crippen molar-refractivity contribution in [3.05, 3.63) is 35.4 Å². The van der Waals surface area contributed by atoms with Crippen molar-refractivity contribution >= 4 is 10.2 Å². The summed E-state index contributed by atoms with van der Waals surface area (Å²) in [5.41, 5.74) is 2.20. The highest BCUT2D eigenvalue weighted by Gasteiger charge is 2.40. The average molecular weight is 298 g/mol. The molecule has 1 saturated heterocycles. The molecule has 2 atom stereocenters. The van der Waals surface area contributed by atoms with Crippen LogP contribution >= 0.6 is 0 Å². The Morgan fingerprint density at radius 3 is 2.25 bits per heavy atom. The van der Waals surface area contributed by atoms with Crippen LogP contribution in [0.5, 0.6) is 0 Å². The van der Waals surface area contributed by atoms with Gasteiger partial charge in [0, 0.05) is 26.2 Å². The molecule has 0 bridgehead atoms. The second-order valence-electron chi connectivity index (χ2n) is 5.31. The fourth-order valence-corrected chi connectivity index (χ4v) is 4.39. The molecule has 1 fully saturated rings. The third-order valence-corrected chi connectivity index (χ3v) is 5.89. The minimum absolute atomic E-state index is 0.0400. The van der Waals surface area contributed by atoms with Gasteiger partial charge in [-0.25, -0.2) is 0 Å². The van der Waals surface area contributed by atoms with E-state index >= 15 is 0 Å². The second kappa shape index (κ2) is 5.09. The second-order valence-corrected chi connectivity index (χ2v) is 7.24. The van der Waals surface area contributed by atoms with Crippen LogP contribution in [-0.2, 0) is 23.2 Å². The van der Waals surface area contributed by atoms with Crippen LogP contribution < -0.4 is 0 Å². The Kier molecular flexibility index (Phi) is 3.55. The van der Waals surface area contributed by atoms with E-state index in [1.165, 1.54) is 9.87 Å². The number of benzene rings is 1. The maximum Gasteiger partial charge on any atom is 0.282 e. The lowest BCUT2D eigenvalue weighted by Crippen LogP contribution is -2.45. The lowest BCUT2D eigenvalue weighted by atomic mass is 10.0. The van der Waals surface area contributed by atoms with Crippen molar-refractivity contribution in [3.8, 4) is 0 Å². The smallest absolute Gasteiger partial charge is 0.282 e. The molecular formula is C13H18N2O4S. The summed E-state index contributed by atoms with van der Waals surface area (Å²) in [5.74, 6) is 0. The number of β-amino-alcohol motifs (C(OH)–C–C–N with tert-alkyl or cyclic N) is 2. The molecule has 2 heterocycles. The number of hydrogen-bond acceptors (Lipinski definition) is 4. The van der Waals surface area contributed by atoms with Gasteiger partial charge in [-0.1, -0.05) is 24.3 Å². The van der Waals surface area contributed by atoms with Crippen LogP contribution in [0.15, 0.2) is 24.3 Å².